The summed E-state index contributed by atoms with van der Waals surface area (Å²) in [4.78, 5) is 15.7. The van der Waals surface area contributed by atoms with Crippen molar-refractivity contribution in [1.82, 2.24) is 9.71 Å². The summed E-state index contributed by atoms with van der Waals surface area (Å²) in [6, 6.07) is 24.8. The first kappa shape index (κ1) is 27.1. The first-order valence-corrected chi connectivity index (χ1v) is 14.0. The normalized spacial score (nSPS) is 12.2. The predicted octanol–water partition coefficient (Wildman–Crippen LogP) is 4.87. The van der Waals surface area contributed by atoms with E-state index in [1.165, 1.54) is 12.1 Å². The summed E-state index contributed by atoms with van der Waals surface area (Å²) in [5, 5.41) is 14.7. The van der Waals surface area contributed by atoms with Gasteiger partial charge in [0.2, 0.25) is 10.0 Å². The van der Waals surface area contributed by atoms with E-state index in [0.29, 0.717) is 12.4 Å². The van der Waals surface area contributed by atoms with E-state index in [-0.39, 0.29) is 17.7 Å². The van der Waals surface area contributed by atoms with Crippen molar-refractivity contribution in [2.75, 3.05) is 18.5 Å². The van der Waals surface area contributed by atoms with Gasteiger partial charge >= 0.3 is 5.97 Å². The van der Waals surface area contributed by atoms with Gasteiger partial charge in [-0.25, -0.2) is 18.1 Å². The van der Waals surface area contributed by atoms with E-state index in [4.69, 9.17) is 4.74 Å². The predicted molar refractivity (Wildman–Crippen MR) is 148 cm³/mol. The Morgan fingerprint density at radius 2 is 1.74 bits per heavy atom. The van der Waals surface area contributed by atoms with Crippen LogP contribution in [0.4, 0.5) is 5.82 Å². The third-order valence-corrected chi connectivity index (χ3v) is 7.48. The van der Waals surface area contributed by atoms with Crippen LogP contribution in [0.3, 0.4) is 0 Å². The number of nitrogens with one attached hydrogen (secondary N) is 2. The number of hydrogen-bond donors (Lipinski definition) is 3. The number of hydrogen-bond acceptors (Lipinski definition) is 6. The molecule has 0 aliphatic rings. The lowest BCUT2D eigenvalue weighted by molar-refractivity contribution is -0.137. The molecule has 38 heavy (non-hydrogen) atoms. The third-order valence-electron chi connectivity index (χ3n) is 5.97. The molecule has 3 aromatic carbocycles. The van der Waals surface area contributed by atoms with Crippen molar-refractivity contribution in [1.29, 1.82) is 0 Å². The molecule has 0 spiro atoms. The molecule has 1 unspecified atom stereocenters. The van der Waals surface area contributed by atoms with Crippen molar-refractivity contribution in [3.8, 4) is 5.75 Å². The van der Waals surface area contributed by atoms with Crippen LogP contribution >= 0.6 is 0 Å². The molecule has 8 nitrogen and oxygen atoms in total. The number of fused-ring (bicyclic) bond motifs is 1. The highest BCUT2D eigenvalue weighted by atomic mass is 32.2. The van der Waals surface area contributed by atoms with Crippen molar-refractivity contribution in [2.24, 2.45) is 0 Å². The van der Waals surface area contributed by atoms with Crippen LogP contribution in [-0.4, -0.2) is 43.7 Å². The number of benzene rings is 3. The highest BCUT2D eigenvalue weighted by Crippen LogP contribution is 2.21. The van der Waals surface area contributed by atoms with Gasteiger partial charge in [-0.1, -0.05) is 54.6 Å². The molecule has 1 heterocycles. The number of rotatable bonds is 14. The van der Waals surface area contributed by atoms with E-state index >= 15 is 0 Å². The number of sulfonamides is 1. The van der Waals surface area contributed by atoms with E-state index in [9.17, 15) is 18.3 Å². The van der Waals surface area contributed by atoms with Crippen LogP contribution in [0.1, 0.15) is 24.8 Å². The Balaban J connectivity index is 1.34. The SMILES string of the molecule is O=C(O)CC(Cc1ccc2ccccc2c1)NS(=O)(=O)c1cccc(OCCCCNc2ccccn2)c1. The van der Waals surface area contributed by atoms with Crippen molar-refractivity contribution >= 4 is 32.6 Å². The standard InChI is InChI=1S/C29H31N3O5S/c33-29(34)20-25(19-22-13-14-23-8-1-2-9-24(23)18-22)32-38(35,36)27-11-7-10-26(21-27)37-17-6-5-16-31-28-12-3-4-15-30-28/h1-4,7-15,18,21,25,32H,5-6,16-17,19-20H2,(H,30,31)(H,33,34). The number of carboxylic acid groups (broad SMARTS) is 1. The lowest BCUT2D eigenvalue weighted by atomic mass is 10.0. The van der Waals surface area contributed by atoms with Gasteiger partial charge in [0.15, 0.2) is 0 Å². The van der Waals surface area contributed by atoms with E-state index in [1.54, 1.807) is 18.3 Å². The van der Waals surface area contributed by atoms with E-state index < -0.39 is 22.0 Å². The molecule has 0 saturated heterocycles. The fourth-order valence-corrected chi connectivity index (χ4v) is 5.41. The first-order valence-electron chi connectivity index (χ1n) is 12.5. The summed E-state index contributed by atoms with van der Waals surface area (Å²) in [6.45, 7) is 1.19. The molecule has 4 rings (SSSR count). The molecule has 1 atom stereocenters. The Hall–Kier alpha value is -3.95. The maximum Gasteiger partial charge on any atom is 0.304 e. The van der Waals surface area contributed by atoms with Gasteiger partial charge in [0, 0.05) is 24.8 Å². The number of ether oxygens (including phenoxy) is 1. The van der Waals surface area contributed by atoms with Crippen LogP contribution in [0.2, 0.25) is 0 Å². The van der Waals surface area contributed by atoms with Gasteiger partial charge in [-0.3, -0.25) is 4.79 Å². The lowest BCUT2D eigenvalue weighted by Crippen LogP contribution is -2.38. The number of nitrogens with zero attached hydrogens (tertiary/aromatic N) is 1. The Kier molecular flexibility index (Phi) is 9.29. The summed E-state index contributed by atoms with van der Waals surface area (Å²) in [6.07, 6.45) is 3.28. The van der Waals surface area contributed by atoms with Gasteiger partial charge in [0.05, 0.1) is 17.9 Å². The Morgan fingerprint density at radius 3 is 2.53 bits per heavy atom. The smallest absolute Gasteiger partial charge is 0.304 e. The monoisotopic (exact) mass is 533 g/mol. The fourth-order valence-electron chi connectivity index (χ4n) is 4.14. The number of aromatic nitrogens is 1. The van der Waals surface area contributed by atoms with Crippen LogP contribution in [0.25, 0.3) is 10.8 Å². The van der Waals surface area contributed by atoms with Crippen molar-refractivity contribution < 1.29 is 23.1 Å². The minimum atomic E-state index is -3.97. The summed E-state index contributed by atoms with van der Waals surface area (Å²) in [5.41, 5.74) is 0.854. The van der Waals surface area contributed by atoms with Crippen molar-refractivity contribution in [2.45, 2.75) is 36.6 Å². The maximum atomic E-state index is 13.2. The van der Waals surface area contributed by atoms with Gasteiger partial charge in [0.1, 0.15) is 11.6 Å². The van der Waals surface area contributed by atoms with Gasteiger partial charge in [-0.2, -0.15) is 0 Å². The van der Waals surface area contributed by atoms with Crippen LogP contribution in [0.15, 0.2) is 96.0 Å². The average Bonchev–Trinajstić information content (AvgIpc) is 2.91. The second-order valence-corrected chi connectivity index (χ2v) is 10.7. The van der Waals surface area contributed by atoms with E-state index in [2.05, 4.69) is 15.0 Å². The summed E-state index contributed by atoms with van der Waals surface area (Å²) in [5.74, 6) is 0.184. The minimum absolute atomic E-state index is 0.0284. The third kappa shape index (κ3) is 8.03. The molecule has 3 N–H and O–H groups in total. The quantitative estimate of drug-likeness (QED) is 0.198. The average molecular weight is 534 g/mol. The molecular weight excluding hydrogens is 502 g/mol. The number of anilines is 1. The number of aliphatic carboxylic acids is 1. The molecule has 9 heteroatoms. The Labute approximate surface area is 222 Å². The molecule has 0 radical (unpaired) electrons. The molecule has 198 valence electrons. The Bertz CT molecular complexity index is 1460. The molecule has 1 aromatic heterocycles. The highest BCUT2D eigenvalue weighted by Gasteiger charge is 2.23. The Morgan fingerprint density at radius 1 is 0.921 bits per heavy atom. The number of unbranched alkanes of at least 4 members (excludes halogenated alkanes) is 1. The topological polar surface area (TPSA) is 118 Å². The number of pyridine rings is 1. The van der Waals surface area contributed by atoms with Crippen LogP contribution < -0.4 is 14.8 Å². The number of carbonyl (C=O) groups is 1. The fraction of sp³-hybridized carbons (Fsp3) is 0.241. The van der Waals surface area contributed by atoms with Gasteiger partial charge in [0.25, 0.3) is 0 Å². The molecule has 0 saturated carbocycles. The maximum absolute atomic E-state index is 13.2. The molecule has 0 amide bonds. The summed E-state index contributed by atoms with van der Waals surface area (Å²) >= 11 is 0. The molecular formula is C29H31N3O5S. The zero-order chi connectivity index (χ0) is 26.8. The van der Waals surface area contributed by atoms with Crippen molar-refractivity contribution in [3.63, 3.8) is 0 Å². The van der Waals surface area contributed by atoms with E-state index in [1.807, 2.05) is 60.7 Å². The van der Waals surface area contributed by atoms with Crippen LogP contribution in [0.5, 0.6) is 5.75 Å². The largest absolute Gasteiger partial charge is 0.494 e. The highest BCUT2D eigenvalue weighted by molar-refractivity contribution is 7.89. The van der Waals surface area contributed by atoms with Gasteiger partial charge in [-0.05, 0) is 59.9 Å². The second-order valence-electron chi connectivity index (χ2n) is 8.97. The zero-order valence-corrected chi connectivity index (χ0v) is 21.7. The summed E-state index contributed by atoms with van der Waals surface area (Å²) in [7, 11) is -3.97. The first-order chi connectivity index (χ1) is 18.4. The molecule has 0 bridgehead atoms. The van der Waals surface area contributed by atoms with Crippen LogP contribution in [0, 0.1) is 0 Å². The minimum Gasteiger partial charge on any atom is -0.494 e. The number of carboxylic acids is 1. The summed E-state index contributed by atoms with van der Waals surface area (Å²) < 4.78 is 34.7. The molecule has 0 aliphatic heterocycles. The second kappa shape index (κ2) is 13.0. The van der Waals surface area contributed by atoms with Crippen molar-refractivity contribution in [3.05, 3.63) is 96.7 Å². The zero-order valence-electron chi connectivity index (χ0n) is 20.9. The molecule has 0 aliphatic carbocycles. The van der Waals surface area contributed by atoms with Crippen LogP contribution in [-0.2, 0) is 21.2 Å². The molecule has 0 fully saturated rings. The molecule has 4 aromatic rings. The van der Waals surface area contributed by atoms with Gasteiger partial charge < -0.3 is 15.2 Å². The van der Waals surface area contributed by atoms with E-state index in [0.717, 1.165) is 41.5 Å². The lowest BCUT2D eigenvalue weighted by Gasteiger charge is -2.18. The van der Waals surface area contributed by atoms with Gasteiger partial charge in [-0.15, -0.1) is 0 Å².